The van der Waals surface area contributed by atoms with E-state index in [0.29, 0.717) is 24.5 Å². The van der Waals surface area contributed by atoms with Gasteiger partial charge in [-0.05, 0) is 38.8 Å². The van der Waals surface area contributed by atoms with Gasteiger partial charge in [0.2, 0.25) is 5.91 Å². The molecule has 0 aromatic carbocycles. The summed E-state index contributed by atoms with van der Waals surface area (Å²) in [5, 5.41) is 8.07. The first-order valence-electron chi connectivity index (χ1n) is 7.75. The predicted octanol–water partition coefficient (Wildman–Crippen LogP) is 1.56. The molecule has 3 heterocycles. The number of likely N-dealkylation sites (tertiary alicyclic amines) is 1. The zero-order valence-corrected chi connectivity index (χ0v) is 12.4. The van der Waals surface area contributed by atoms with Crippen molar-refractivity contribution >= 4 is 5.91 Å². The van der Waals surface area contributed by atoms with Crippen LogP contribution in [0.5, 0.6) is 0 Å². The van der Waals surface area contributed by atoms with Crippen molar-refractivity contribution in [2.24, 2.45) is 5.92 Å². The Kier molecular flexibility index (Phi) is 3.78. The van der Waals surface area contributed by atoms with Crippen LogP contribution >= 0.6 is 0 Å². The molecule has 2 aliphatic heterocycles. The molecule has 1 aromatic heterocycles. The number of nitrogens with zero attached hydrogens (tertiary/aromatic N) is 3. The summed E-state index contributed by atoms with van der Waals surface area (Å²) < 4.78 is 2.00. The summed E-state index contributed by atoms with van der Waals surface area (Å²) in [4.78, 5) is 14.4. The third kappa shape index (κ3) is 2.46. The Bertz CT molecular complexity index is 484. The smallest absolute Gasteiger partial charge is 0.227 e. The Balaban J connectivity index is 1.66. The van der Waals surface area contributed by atoms with Crippen LogP contribution in [0, 0.1) is 5.92 Å². The van der Waals surface area contributed by atoms with Gasteiger partial charge in [-0.25, -0.2) is 0 Å². The number of hydrogen-bond acceptors (Lipinski definition) is 3. The standard InChI is InChI=1S/C15H24N4O/c1-3-11(2)19-8-6-12(17-19)9-18-10-14-13(15(18)20)5-4-7-16-14/h6,8,11,13-14,16H,3-5,7,9-10H2,1-2H3. The molecule has 1 aromatic rings. The lowest BCUT2D eigenvalue weighted by molar-refractivity contribution is -0.132. The molecule has 0 spiro atoms. The number of hydrogen-bond donors (Lipinski definition) is 1. The van der Waals surface area contributed by atoms with Gasteiger partial charge >= 0.3 is 0 Å². The van der Waals surface area contributed by atoms with Crippen LogP contribution in [0.2, 0.25) is 0 Å². The number of amides is 1. The minimum absolute atomic E-state index is 0.195. The van der Waals surface area contributed by atoms with Crippen molar-refractivity contribution in [3.05, 3.63) is 18.0 Å². The maximum absolute atomic E-state index is 12.4. The third-order valence-corrected chi connectivity index (χ3v) is 4.69. The number of fused-ring (bicyclic) bond motifs is 1. The zero-order chi connectivity index (χ0) is 14.1. The van der Waals surface area contributed by atoms with Gasteiger partial charge in [-0.15, -0.1) is 0 Å². The van der Waals surface area contributed by atoms with Crippen molar-refractivity contribution in [2.45, 2.75) is 51.7 Å². The molecular weight excluding hydrogens is 252 g/mol. The average Bonchev–Trinajstić information content (AvgIpc) is 3.05. The highest BCUT2D eigenvalue weighted by Gasteiger charge is 2.41. The Hall–Kier alpha value is -1.36. The molecule has 1 amide bonds. The van der Waals surface area contributed by atoms with Crippen LogP contribution in [0.25, 0.3) is 0 Å². The van der Waals surface area contributed by atoms with Crippen LogP contribution in [0.3, 0.4) is 0 Å². The van der Waals surface area contributed by atoms with Crippen molar-refractivity contribution in [1.29, 1.82) is 0 Å². The molecule has 0 aliphatic carbocycles. The number of nitrogens with one attached hydrogen (secondary N) is 1. The Labute approximate surface area is 120 Å². The van der Waals surface area contributed by atoms with Gasteiger partial charge in [0.15, 0.2) is 0 Å². The number of aromatic nitrogens is 2. The molecule has 2 saturated heterocycles. The van der Waals surface area contributed by atoms with Gasteiger partial charge in [0.25, 0.3) is 0 Å². The molecule has 3 atom stereocenters. The summed E-state index contributed by atoms with van der Waals surface area (Å²) in [6.07, 6.45) is 5.24. The number of piperidine rings is 1. The van der Waals surface area contributed by atoms with Gasteiger partial charge in [0, 0.05) is 24.8 Å². The summed E-state index contributed by atoms with van der Waals surface area (Å²) >= 11 is 0. The molecule has 3 unspecified atom stereocenters. The summed E-state index contributed by atoms with van der Waals surface area (Å²) in [6, 6.07) is 2.81. The van der Waals surface area contributed by atoms with E-state index in [1.54, 1.807) is 0 Å². The molecule has 2 fully saturated rings. The SMILES string of the molecule is CCC(C)n1ccc(CN2CC3NCCCC3C2=O)n1. The first kappa shape index (κ1) is 13.6. The van der Waals surface area contributed by atoms with Gasteiger partial charge < -0.3 is 10.2 Å². The molecule has 0 bridgehead atoms. The van der Waals surface area contributed by atoms with Gasteiger partial charge in [-0.1, -0.05) is 6.92 Å². The van der Waals surface area contributed by atoms with E-state index in [9.17, 15) is 4.79 Å². The second-order valence-electron chi connectivity index (χ2n) is 6.07. The van der Waals surface area contributed by atoms with Crippen molar-refractivity contribution in [3.8, 4) is 0 Å². The molecule has 2 aliphatic rings. The van der Waals surface area contributed by atoms with E-state index < -0.39 is 0 Å². The summed E-state index contributed by atoms with van der Waals surface area (Å²) in [5.74, 6) is 0.501. The first-order valence-corrected chi connectivity index (χ1v) is 7.75. The van der Waals surface area contributed by atoms with E-state index >= 15 is 0 Å². The van der Waals surface area contributed by atoms with E-state index in [2.05, 4.69) is 24.3 Å². The largest absolute Gasteiger partial charge is 0.335 e. The summed E-state index contributed by atoms with van der Waals surface area (Å²) in [7, 11) is 0. The van der Waals surface area contributed by atoms with Crippen LogP contribution < -0.4 is 5.32 Å². The van der Waals surface area contributed by atoms with Crippen LogP contribution in [0.4, 0.5) is 0 Å². The fourth-order valence-electron chi connectivity index (χ4n) is 3.23. The fraction of sp³-hybridized carbons (Fsp3) is 0.733. The highest BCUT2D eigenvalue weighted by molar-refractivity contribution is 5.82. The van der Waals surface area contributed by atoms with E-state index in [1.165, 1.54) is 0 Å². The van der Waals surface area contributed by atoms with E-state index in [4.69, 9.17) is 0 Å². The Morgan fingerprint density at radius 2 is 2.40 bits per heavy atom. The second kappa shape index (κ2) is 5.56. The molecule has 5 nitrogen and oxygen atoms in total. The van der Waals surface area contributed by atoms with Crippen LogP contribution in [0.15, 0.2) is 12.3 Å². The highest BCUT2D eigenvalue weighted by atomic mass is 16.2. The van der Waals surface area contributed by atoms with Crippen molar-refractivity contribution in [2.75, 3.05) is 13.1 Å². The van der Waals surface area contributed by atoms with Gasteiger partial charge in [-0.2, -0.15) is 5.10 Å². The Morgan fingerprint density at radius 3 is 3.15 bits per heavy atom. The van der Waals surface area contributed by atoms with Gasteiger partial charge in [0.05, 0.1) is 18.2 Å². The summed E-state index contributed by atoms with van der Waals surface area (Å²) in [6.45, 7) is 6.85. The molecule has 20 heavy (non-hydrogen) atoms. The van der Waals surface area contributed by atoms with Crippen molar-refractivity contribution in [1.82, 2.24) is 20.0 Å². The molecule has 0 radical (unpaired) electrons. The third-order valence-electron chi connectivity index (χ3n) is 4.69. The lowest BCUT2D eigenvalue weighted by Crippen LogP contribution is -2.41. The molecule has 110 valence electrons. The molecule has 0 saturated carbocycles. The highest BCUT2D eigenvalue weighted by Crippen LogP contribution is 2.27. The first-order chi connectivity index (χ1) is 9.69. The fourth-order valence-corrected chi connectivity index (χ4v) is 3.23. The minimum atomic E-state index is 0.195. The number of rotatable bonds is 4. The minimum Gasteiger partial charge on any atom is -0.335 e. The lowest BCUT2D eigenvalue weighted by Gasteiger charge is -2.23. The van der Waals surface area contributed by atoms with Crippen LogP contribution in [-0.2, 0) is 11.3 Å². The van der Waals surface area contributed by atoms with Gasteiger partial charge in [0.1, 0.15) is 0 Å². The molecular formula is C15H24N4O. The summed E-state index contributed by atoms with van der Waals surface area (Å²) in [5.41, 5.74) is 0.997. The average molecular weight is 276 g/mol. The molecule has 5 heteroatoms. The lowest BCUT2D eigenvalue weighted by atomic mass is 9.94. The van der Waals surface area contributed by atoms with Crippen molar-refractivity contribution in [3.63, 3.8) is 0 Å². The van der Waals surface area contributed by atoms with Gasteiger partial charge in [-0.3, -0.25) is 9.48 Å². The van der Waals surface area contributed by atoms with Crippen LogP contribution in [-0.4, -0.2) is 39.7 Å². The Morgan fingerprint density at radius 1 is 1.55 bits per heavy atom. The molecule has 1 N–H and O–H groups in total. The van der Waals surface area contributed by atoms with E-state index in [0.717, 1.165) is 38.0 Å². The van der Waals surface area contributed by atoms with E-state index in [1.807, 2.05) is 21.8 Å². The number of carbonyl (C=O) groups excluding carboxylic acids is 1. The second-order valence-corrected chi connectivity index (χ2v) is 6.07. The zero-order valence-electron chi connectivity index (χ0n) is 12.4. The number of carbonyl (C=O) groups is 1. The molecule has 3 rings (SSSR count). The van der Waals surface area contributed by atoms with Crippen LogP contribution in [0.1, 0.15) is 44.8 Å². The van der Waals surface area contributed by atoms with E-state index in [-0.39, 0.29) is 5.92 Å². The maximum Gasteiger partial charge on any atom is 0.227 e. The predicted molar refractivity (Wildman–Crippen MR) is 77.2 cm³/mol. The maximum atomic E-state index is 12.4. The van der Waals surface area contributed by atoms with Crippen molar-refractivity contribution < 1.29 is 4.79 Å². The quantitative estimate of drug-likeness (QED) is 0.908. The topological polar surface area (TPSA) is 50.2 Å². The monoisotopic (exact) mass is 276 g/mol. The normalized spacial score (nSPS) is 27.7.